The van der Waals surface area contributed by atoms with Crippen molar-refractivity contribution >= 4 is 5.82 Å². The van der Waals surface area contributed by atoms with Gasteiger partial charge in [0.15, 0.2) is 11.6 Å². The molecule has 1 aromatic carbocycles. The van der Waals surface area contributed by atoms with Gasteiger partial charge in [-0.05, 0) is 55.1 Å². The highest BCUT2D eigenvalue weighted by atomic mass is 19.1. The molecule has 0 fully saturated rings. The SMILES string of the molecule is CCCn1cc(-c2cnc(N)c(-c3nnnn3-c3ccc(OCCN(CC)CC)c(C)c3F)c2)cn1. The molecule has 0 bridgehead atoms. The number of benzene rings is 1. The van der Waals surface area contributed by atoms with Crippen LogP contribution in [-0.4, -0.2) is 66.1 Å². The first-order chi connectivity index (χ1) is 17.5. The molecule has 0 spiro atoms. The summed E-state index contributed by atoms with van der Waals surface area (Å²) in [5, 5.41) is 16.3. The van der Waals surface area contributed by atoms with Crippen LogP contribution in [0.4, 0.5) is 10.2 Å². The lowest BCUT2D eigenvalue weighted by atomic mass is 10.1. The number of hydrogen-bond acceptors (Lipinski definition) is 8. The summed E-state index contributed by atoms with van der Waals surface area (Å²) in [6, 6.07) is 5.19. The Morgan fingerprint density at radius 2 is 1.92 bits per heavy atom. The van der Waals surface area contributed by atoms with E-state index in [1.807, 2.05) is 16.9 Å². The molecule has 4 rings (SSSR count). The molecule has 0 atom stereocenters. The van der Waals surface area contributed by atoms with Crippen molar-refractivity contribution in [1.29, 1.82) is 0 Å². The van der Waals surface area contributed by atoms with Crippen molar-refractivity contribution in [3.8, 4) is 34.0 Å². The highest BCUT2D eigenvalue weighted by molar-refractivity contribution is 5.76. The molecule has 0 aliphatic rings. The van der Waals surface area contributed by atoms with Crippen molar-refractivity contribution in [2.45, 2.75) is 40.7 Å². The summed E-state index contributed by atoms with van der Waals surface area (Å²) in [5.74, 6) is 0.554. The van der Waals surface area contributed by atoms with Crippen molar-refractivity contribution in [3.63, 3.8) is 0 Å². The third-order valence-electron chi connectivity index (χ3n) is 6.15. The number of anilines is 1. The van der Waals surface area contributed by atoms with Gasteiger partial charge in [0.25, 0.3) is 0 Å². The Balaban J connectivity index is 1.63. The number of aromatic nitrogens is 7. The van der Waals surface area contributed by atoms with Crippen LogP contribution < -0.4 is 10.5 Å². The number of halogens is 1. The first kappa shape index (κ1) is 25.2. The summed E-state index contributed by atoms with van der Waals surface area (Å²) in [7, 11) is 0. The maximum absolute atomic E-state index is 15.5. The molecule has 10 nitrogen and oxygen atoms in total. The predicted octanol–water partition coefficient (Wildman–Crippen LogP) is 3.75. The standard InChI is InChI=1S/C25H32FN9O/c1-5-10-34-16-19(15-29-34)18-13-20(24(27)28-14-18)25-30-31-32-35(25)21-8-9-22(17(4)23(21)26)36-12-11-33(6-2)7-3/h8-9,13-16H,5-7,10-12H2,1-4H3,(H2,27,28). The van der Waals surface area contributed by atoms with Gasteiger partial charge in [0.2, 0.25) is 0 Å². The van der Waals surface area contributed by atoms with E-state index >= 15 is 4.39 Å². The van der Waals surface area contributed by atoms with E-state index in [1.54, 1.807) is 31.5 Å². The number of nitrogen functional groups attached to an aromatic ring is 1. The van der Waals surface area contributed by atoms with Crippen molar-refractivity contribution < 1.29 is 9.13 Å². The van der Waals surface area contributed by atoms with E-state index in [9.17, 15) is 0 Å². The fourth-order valence-corrected chi connectivity index (χ4v) is 3.99. The van der Waals surface area contributed by atoms with Gasteiger partial charge in [-0.3, -0.25) is 4.68 Å². The van der Waals surface area contributed by atoms with E-state index in [2.05, 4.69) is 51.3 Å². The highest BCUT2D eigenvalue weighted by Crippen LogP contribution is 2.31. The fourth-order valence-electron chi connectivity index (χ4n) is 3.99. The summed E-state index contributed by atoms with van der Waals surface area (Å²) < 4.78 is 24.6. The quantitative estimate of drug-likeness (QED) is 0.336. The second-order valence-electron chi connectivity index (χ2n) is 8.46. The zero-order valence-corrected chi connectivity index (χ0v) is 21.1. The van der Waals surface area contributed by atoms with Gasteiger partial charge in [0.05, 0.1) is 11.8 Å². The Hall–Kier alpha value is -3.86. The van der Waals surface area contributed by atoms with Crippen LogP contribution in [0.3, 0.4) is 0 Å². The Morgan fingerprint density at radius 3 is 2.67 bits per heavy atom. The number of tetrazole rings is 1. The van der Waals surface area contributed by atoms with E-state index in [1.165, 1.54) is 4.68 Å². The van der Waals surface area contributed by atoms with Crippen LogP contribution in [0.2, 0.25) is 0 Å². The molecule has 11 heteroatoms. The molecule has 0 amide bonds. The minimum Gasteiger partial charge on any atom is -0.492 e. The van der Waals surface area contributed by atoms with Gasteiger partial charge >= 0.3 is 0 Å². The topological polar surface area (TPSA) is 113 Å². The molecule has 0 saturated carbocycles. The molecule has 0 aliphatic heterocycles. The minimum absolute atomic E-state index is 0.198. The zero-order chi connectivity index (χ0) is 25.7. The normalized spacial score (nSPS) is 11.4. The van der Waals surface area contributed by atoms with Crippen LogP contribution in [-0.2, 0) is 6.54 Å². The molecular weight excluding hydrogens is 461 g/mol. The fraction of sp³-hybridized carbons (Fsp3) is 0.400. The number of ether oxygens (including phenoxy) is 1. The Bertz CT molecular complexity index is 1310. The summed E-state index contributed by atoms with van der Waals surface area (Å²) in [5.41, 5.74) is 8.98. The second kappa shape index (κ2) is 11.3. The average Bonchev–Trinajstić information content (AvgIpc) is 3.55. The van der Waals surface area contributed by atoms with Crippen LogP contribution in [0, 0.1) is 12.7 Å². The minimum atomic E-state index is -0.465. The van der Waals surface area contributed by atoms with E-state index in [4.69, 9.17) is 10.5 Å². The number of rotatable bonds is 11. The summed E-state index contributed by atoms with van der Waals surface area (Å²) in [6.45, 7) is 11.9. The van der Waals surface area contributed by atoms with Gasteiger partial charge in [-0.15, -0.1) is 5.10 Å². The van der Waals surface area contributed by atoms with Crippen molar-refractivity contribution in [2.75, 3.05) is 32.0 Å². The molecular formula is C25H32FN9O. The molecule has 4 aromatic rings. The van der Waals surface area contributed by atoms with E-state index < -0.39 is 5.82 Å². The predicted molar refractivity (Wildman–Crippen MR) is 136 cm³/mol. The molecule has 0 aliphatic carbocycles. The van der Waals surface area contributed by atoms with Gasteiger partial charge in [-0.1, -0.05) is 20.8 Å². The van der Waals surface area contributed by atoms with Crippen LogP contribution in [0.15, 0.2) is 36.8 Å². The van der Waals surface area contributed by atoms with E-state index in [0.29, 0.717) is 23.5 Å². The molecule has 190 valence electrons. The van der Waals surface area contributed by atoms with Crippen LogP contribution in [0.1, 0.15) is 32.8 Å². The summed E-state index contributed by atoms with van der Waals surface area (Å²) in [6.07, 6.45) is 6.38. The number of likely N-dealkylation sites (N-methyl/N-ethyl adjacent to an activating group) is 1. The molecule has 3 heterocycles. The van der Waals surface area contributed by atoms with Gasteiger partial charge in [-0.25, -0.2) is 9.37 Å². The number of pyridine rings is 1. The van der Waals surface area contributed by atoms with Crippen molar-refractivity contribution in [2.24, 2.45) is 0 Å². The Morgan fingerprint density at radius 1 is 1.11 bits per heavy atom. The van der Waals surface area contributed by atoms with Crippen molar-refractivity contribution in [3.05, 3.63) is 48.2 Å². The summed E-state index contributed by atoms with van der Waals surface area (Å²) >= 11 is 0. The van der Waals surface area contributed by atoms with E-state index in [0.717, 1.165) is 43.7 Å². The van der Waals surface area contributed by atoms with Gasteiger partial charge in [0, 0.05) is 42.2 Å². The van der Waals surface area contributed by atoms with Crippen LogP contribution in [0.5, 0.6) is 5.75 Å². The van der Waals surface area contributed by atoms with Crippen LogP contribution >= 0.6 is 0 Å². The number of nitrogens with two attached hydrogens (primary N) is 1. The highest BCUT2D eigenvalue weighted by Gasteiger charge is 2.20. The monoisotopic (exact) mass is 493 g/mol. The molecule has 3 aromatic heterocycles. The van der Waals surface area contributed by atoms with Gasteiger partial charge in [-0.2, -0.15) is 9.78 Å². The molecule has 0 saturated heterocycles. The summed E-state index contributed by atoms with van der Waals surface area (Å²) in [4.78, 5) is 6.58. The van der Waals surface area contributed by atoms with Gasteiger partial charge in [0.1, 0.15) is 23.9 Å². The van der Waals surface area contributed by atoms with Gasteiger partial charge < -0.3 is 15.4 Å². The third-order valence-corrected chi connectivity index (χ3v) is 6.15. The largest absolute Gasteiger partial charge is 0.492 e. The number of nitrogens with zero attached hydrogens (tertiary/aromatic N) is 8. The lowest BCUT2D eigenvalue weighted by molar-refractivity contribution is 0.221. The van der Waals surface area contributed by atoms with Crippen LogP contribution in [0.25, 0.3) is 28.2 Å². The smallest absolute Gasteiger partial charge is 0.190 e. The first-order valence-corrected chi connectivity index (χ1v) is 12.2. The molecule has 36 heavy (non-hydrogen) atoms. The first-order valence-electron chi connectivity index (χ1n) is 12.2. The Kier molecular flexibility index (Phi) is 7.89. The second-order valence-corrected chi connectivity index (χ2v) is 8.46. The average molecular weight is 494 g/mol. The third kappa shape index (κ3) is 5.20. The number of hydrogen-bond donors (Lipinski definition) is 1. The molecule has 0 unspecified atom stereocenters. The zero-order valence-electron chi connectivity index (χ0n) is 21.1. The Labute approximate surface area is 209 Å². The lowest BCUT2D eigenvalue weighted by Crippen LogP contribution is -2.28. The van der Waals surface area contributed by atoms with E-state index in [-0.39, 0.29) is 17.3 Å². The maximum atomic E-state index is 15.5. The molecule has 0 radical (unpaired) electrons. The number of aryl methyl sites for hydroxylation is 1. The molecule has 2 N–H and O–H groups in total. The lowest BCUT2D eigenvalue weighted by Gasteiger charge is -2.19. The maximum Gasteiger partial charge on any atom is 0.190 e. The van der Waals surface area contributed by atoms with Crippen molar-refractivity contribution in [1.82, 2.24) is 39.9 Å².